The van der Waals surface area contributed by atoms with Crippen LogP contribution >= 0.6 is 0 Å². The minimum Gasteiger partial charge on any atom is -0.338 e. The predicted octanol–water partition coefficient (Wildman–Crippen LogP) is 3.88. The Balaban J connectivity index is 1.26. The van der Waals surface area contributed by atoms with Crippen molar-refractivity contribution in [3.05, 3.63) is 59.5 Å². The van der Waals surface area contributed by atoms with Gasteiger partial charge in [-0.25, -0.2) is 9.97 Å². The van der Waals surface area contributed by atoms with E-state index in [-0.39, 0.29) is 5.41 Å². The van der Waals surface area contributed by atoms with Crippen LogP contribution in [-0.4, -0.2) is 38.1 Å². The van der Waals surface area contributed by atoms with E-state index in [2.05, 4.69) is 38.4 Å². The highest BCUT2D eigenvalue weighted by Crippen LogP contribution is 2.44. The first-order valence-corrected chi connectivity index (χ1v) is 10.8. The summed E-state index contributed by atoms with van der Waals surface area (Å²) in [4.78, 5) is 16.9. The molecule has 6 heteroatoms. The second-order valence-electron chi connectivity index (χ2n) is 8.85. The van der Waals surface area contributed by atoms with Gasteiger partial charge in [-0.1, -0.05) is 35.5 Å². The number of nitrogens with zero attached hydrogens (tertiary/aromatic N) is 5. The summed E-state index contributed by atoms with van der Waals surface area (Å²) >= 11 is 0. The van der Waals surface area contributed by atoms with Gasteiger partial charge >= 0.3 is 0 Å². The number of hydrogen-bond acceptors (Lipinski definition) is 6. The van der Waals surface area contributed by atoms with Crippen molar-refractivity contribution in [2.24, 2.45) is 0 Å². The van der Waals surface area contributed by atoms with Gasteiger partial charge in [0.05, 0.1) is 12.2 Å². The smallest absolute Gasteiger partial charge is 0.240 e. The molecule has 1 saturated heterocycles. The maximum atomic E-state index is 5.54. The van der Waals surface area contributed by atoms with E-state index in [1.54, 1.807) is 0 Å². The number of piperidine rings is 1. The van der Waals surface area contributed by atoms with Crippen molar-refractivity contribution in [2.75, 3.05) is 13.1 Å². The SMILES string of the molecule is c1ccc(-c2ncc3c(n2)C2(CCCN(Cc4nc(C5CC5)no4)C2)CC3)cc1. The summed E-state index contributed by atoms with van der Waals surface area (Å²) < 4.78 is 5.54. The fourth-order valence-corrected chi connectivity index (χ4v) is 5.06. The highest BCUT2D eigenvalue weighted by molar-refractivity contribution is 5.55. The van der Waals surface area contributed by atoms with Crippen LogP contribution in [0.15, 0.2) is 41.1 Å². The lowest BCUT2D eigenvalue weighted by Gasteiger charge is -2.40. The van der Waals surface area contributed by atoms with E-state index in [0.29, 0.717) is 5.92 Å². The standard InChI is InChI=1S/C23H25N5O/c1-2-5-16(6-3-1)21-24-13-18-9-11-23(20(18)26-21)10-4-12-28(15-23)14-19-25-22(27-29-19)17-7-8-17/h1-3,5-6,13,17H,4,7-12,14-15H2. The number of fused-ring (bicyclic) bond motifs is 2. The first kappa shape index (κ1) is 17.3. The molecular formula is C23H25N5O. The third-order valence-electron chi connectivity index (χ3n) is 6.71. The molecule has 0 N–H and O–H groups in total. The van der Waals surface area contributed by atoms with Gasteiger partial charge in [-0.3, -0.25) is 4.90 Å². The van der Waals surface area contributed by atoms with E-state index in [1.807, 2.05) is 18.2 Å². The van der Waals surface area contributed by atoms with E-state index in [0.717, 1.165) is 55.6 Å². The van der Waals surface area contributed by atoms with Gasteiger partial charge in [-0.2, -0.15) is 4.98 Å². The maximum Gasteiger partial charge on any atom is 0.240 e. The third kappa shape index (κ3) is 3.15. The Bertz CT molecular complexity index is 1020. The second-order valence-corrected chi connectivity index (χ2v) is 8.85. The average Bonchev–Trinajstić information content (AvgIpc) is 3.43. The first-order valence-electron chi connectivity index (χ1n) is 10.8. The Labute approximate surface area is 170 Å². The zero-order valence-corrected chi connectivity index (χ0v) is 16.5. The number of likely N-dealkylation sites (tertiary alicyclic amines) is 1. The number of aromatic nitrogens is 4. The summed E-state index contributed by atoms with van der Waals surface area (Å²) in [5.41, 5.74) is 3.79. The lowest BCUT2D eigenvalue weighted by molar-refractivity contribution is 0.123. The van der Waals surface area contributed by atoms with Crippen molar-refractivity contribution in [2.45, 2.75) is 56.4 Å². The first-order chi connectivity index (χ1) is 14.3. The van der Waals surface area contributed by atoms with E-state index in [4.69, 9.17) is 9.51 Å². The molecule has 29 heavy (non-hydrogen) atoms. The molecule has 0 amide bonds. The predicted molar refractivity (Wildman–Crippen MR) is 108 cm³/mol. The van der Waals surface area contributed by atoms with Gasteiger partial charge in [0.1, 0.15) is 0 Å². The summed E-state index contributed by atoms with van der Waals surface area (Å²) in [6.45, 7) is 2.83. The highest BCUT2D eigenvalue weighted by atomic mass is 16.5. The van der Waals surface area contributed by atoms with Crippen LogP contribution < -0.4 is 0 Å². The van der Waals surface area contributed by atoms with Gasteiger partial charge in [0.2, 0.25) is 5.89 Å². The molecule has 148 valence electrons. The van der Waals surface area contributed by atoms with Crippen LogP contribution in [-0.2, 0) is 18.4 Å². The molecule has 1 atom stereocenters. The molecule has 3 aromatic rings. The van der Waals surface area contributed by atoms with Gasteiger partial charge in [0, 0.05) is 29.6 Å². The molecule has 1 unspecified atom stereocenters. The van der Waals surface area contributed by atoms with Crippen LogP contribution in [0.3, 0.4) is 0 Å². The van der Waals surface area contributed by atoms with Crippen molar-refractivity contribution in [3.63, 3.8) is 0 Å². The summed E-state index contributed by atoms with van der Waals surface area (Å²) in [5, 5.41) is 4.18. The Morgan fingerprint density at radius 3 is 2.86 bits per heavy atom. The van der Waals surface area contributed by atoms with E-state index in [9.17, 15) is 0 Å². The minimum absolute atomic E-state index is 0.124. The van der Waals surface area contributed by atoms with Crippen molar-refractivity contribution in [1.29, 1.82) is 0 Å². The van der Waals surface area contributed by atoms with Gasteiger partial charge in [-0.15, -0.1) is 0 Å². The van der Waals surface area contributed by atoms with Crippen LogP contribution in [0.2, 0.25) is 0 Å². The van der Waals surface area contributed by atoms with Crippen LogP contribution in [0.25, 0.3) is 11.4 Å². The summed E-state index contributed by atoms with van der Waals surface area (Å²) in [6, 6.07) is 10.3. The van der Waals surface area contributed by atoms with Crippen molar-refractivity contribution < 1.29 is 4.52 Å². The molecule has 6 rings (SSSR count). The third-order valence-corrected chi connectivity index (χ3v) is 6.71. The Morgan fingerprint density at radius 2 is 2.00 bits per heavy atom. The number of hydrogen-bond donors (Lipinski definition) is 0. The Kier molecular flexibility index (Phi) is 4.01. The van der Waals surface area contributed by atoms with Gasteiger partial charge in [-0.05, 0) is 50.6 Å². The molecular weight excluding hydrogens is 362 g/mol. The average molecular weight is 387 g/mol. The monoisotopic (exact) mass is 387 g/mol. The van der Waals surface area contributed by atoms with Crippen LogP contribution in [0, 0.1) is 0 Å². The molecule has 6 nitrogen and oxygen atoms in total. The van der Waals surface area contributed by atoms with Crippen molar-refractivity contribution in [3.8, 4) is 11.4 Å². The number of aryl methyl sites for hydroxylation is 1. The quantitative estimate of drug-likeness (QED) is 0.677. The fourth-order valence-electron chi connectivity index (χ4n) is 5.06. The number of benzene rings is 1. The molecule has 1 saturated carbocycles. The molecule has 0 radical (unpaired) electrons. The van der Waals surface area contributed by atoms with E-state index < -0.39 is 0 Å². The molecule has 1 aliphatic heterocycles. The zero-order chi connectivity index (χ0) is 19.3. The van der Waals surface area contributed by atoms with E-state index >= 15 is 0 Å². The van der Waals surface area contributed by atoms with Crippen LogP contribution in [0.1, 0.15) is 61.0 Å². The summed E-state index contributed by atoms with van der Waals surface area (Å²) in [7, 11) is 0. The number of rotatable bonds is 4. The van der Waals surface area contributed by atoms with Crippen LogP contribution in [0.5, 0.6) is 0 Å². The molecule has 3 aliphatic rings. The van der Waals surface area contributed by atoms with E-state index in [1.165, 1.54) is 36.9 Å². The minimum atomic E-state index is 0.124. The van der Waals surface area contributed by atoms with Gasteiger partial charge in [0.15, 0.2) is 11.6 Å². The normalized spacial score (nSPS) is 24.1. The molecule has 0 bridgehead atoms. The largest absolute Gasteiger partial charge is 0.338 e. The lowest BCUT2D eigenvalue weighted by atomic mass is 9.77. The molecule has 2 fully saturated rings. The van der Waals surface area contributed by atoms with Gasteiger partial charge < -0.3 is 4.52 Å². The highest BCUT2D eigenvalue weighted by Gasteiger charge is 2.44. The van der Waals surface area contributed by atoms with Gasteiger partial charge in [0.25, 0.3) is 0 Å². The molecule has 2 aliphatic carbocycles. The van der Waals surface area contributed by atoms with Crippen molar-refractivity contribution >= 4 is 0 Å². The molecule has 1 spiro atoms. The summed E-state index contributed by atoms with van der Waals surface area (Å²) in [6.07, 6.45) is 9.05. The Morgan fingerprint density at radius 1 is 1.10 bits per heavy atom. The van der Waals surface area contributed by atoms with Crippen molar-refractivity contribution in [1.82, 2.24) is 25.0 Å². The maximum absolute atomic E-state index is 5.54. The molecule has 3 heterocycles. The topological polar surface area (TPSA) is 67.9 Å². The van der Waals surface area contributed by atoms with Crippen LogP contribution in [0.4, 0.5) is 0 Å². The molecule has 2 aromatic heterocycles. The second kappa shape index (κ2) is 6.73. The molecule has 1 aromatic carbocycles. The Hall–Kier alpha value is -2.60. The zero-order valence-electron chi connectivity index (χ0n) is 16.5. The fraction of sp³-hybridized carbons (Fsp3) is 0.478. The summed E-state index contributed by atoms with van der Waals surface area (Å²) in [5.74, 6) is 3.04. The lowest BCUT2D eigenvalue weighted by Crippen LogP contribution is -2.45.